The van der Waals surface area contributed by atoms with Gasteiger partial charge in [-0.05, 0) is 41.8 Å². The van der Waals surface area contributed by atoms with Gasteiger partial charge in [0.1, 0.15) is 0 Å². The van der Waals surface area contributed by atoms with Gasteiger partial charge in [0, 0.05) is 17.9 Å². The van der Waals surface area contributed by atoms with Crippen molar-refractivity contribution in [2.24, 2.45) is 0 Å². The van der Waals surface area contributed by atoms with E-state index in [1.54, 1.807) is 0 Å². The van der Waals surface area contributed by atoms with Gasteiger partial charge in [0.25, 0.3) is 5.91 Å². The van der Waals surface area contributed by atoms with Crippen LogP contribution in [0.25, 0.3) is 11.1 Å². The number of amides is 1. The molecule has 0 bridgehead atoms. The van der Waals surface area contributed by atoms with Gasteiger partial charge in [0.05, 0.1) is 5.57 Å². The molecule has 2 aromatic rings. The molecule has 0 radical (unpaired) electrons. The Morgan fingerprint density at radius 3 is 2.30 bits per heavy atom. The van der Waals surface area contributed by atoms with Crippen molar-refractivity contribution in [3.8, 4) is 0 Å². The van der Waals surface area contributed by atoms with Crippen LogP contribution in [0.1, 0.15) is 38.3 Å². The maximum Gasteiger partial charge on any atom is 0.256 e. The number of fused-ring (bicyclic) bond motifs is 1. The molecule has 0 saturated heterocycles. The monoisotopic (exact) mass is 379 g/mol. The second-order valence-electron chi connectivity index (χ2n) is 8.58. The Balaban J connectivity index is 1.96. The van der Waals surface area contributed by atoms with Crippen LogP contribution >= 0.6 is 0 Å². The number of anilines is 1. The molecule has 1 N–H and O–H groups in total. The first kappa shape index (κ1) is 19.6. The molecule has 3 nitrogen and oxygen atoms in total. The van der Waals surface area contributed by atoms with Crippen molar-refractivity contribution in [2.75, 3.05) is 11.9 Å². The van der Waals surface area contributed by atoms with Crippen LogP contribution in [0, 0.1) is 0 Å². The average molecular weight is 380 g/mol. The van der Waals surface area contributed by atoms with Crippen molar-refractivity contribution in [1.29, 1.82) is 0 Å². The second kappa shape index (κ2) is 7.45. The minimum atomic E-state index is -1.82. The molecule has 2 aromatic carbocycles. The van der Waals surface area contributed by atoms with E-state index < -0.39 is 8.32 Å². The zero-order valence-corrected chi connectivity index (χ0v) is 17.9. The van der Waals surface area contributed by atoms with Gasteiger partial charge in [0.15, 0.2) is 8.32 Å². The lowest BCUT2D eigenvalue weighted by Crippen LogP contribution is -2.41. The Bertz CT molecular complexity index is 863. The molecule has 0 atom stereocenters. The van der Waals surface area contributed by atoms with E-state index in [0.717, 1.165) is 28.0 Å². The molecule has 0 spiro atoms. The first-order valence-corrected chi connectivity index (χ1v) is 12.4. The summed E-state index contributed by atoms with van der Waals surface area (Å²) in [6, 6.07) is 18.1. The molecule has 27 heavy (non-hydrogen) atoms. The molecule has 0 aliphatic carbocycles. The zero-order chi connectivity index (χ0) is 19.7. The Labute approximate surface area is 163 Å². The normalized spacial score (nSPS) is 16.1. The second-order valence-corrected chi connectivity index (χ2v) is 13.4. The fourth-order valence-corrected chi connectivity index (χ4v) is 4.14. The van der Waals surface area contributed by atoms with Crippen molar-refractivity contribution >= 4 is 31.1 Å². The summed E-state index contributed by atoms with van der Waals surface area (Å²) in [5.41, 5.74) is 4.77. The minimum Gasteiger partial charge on any atom is -0.416 e. The molecule has 1 aliphatic rings. The molecule has 0 unspecified atom stereocenters. The topological polar surface area (TPSA) is 38.3 Å². The van der Waals surface area contributed by atoms with E-state index in [-0.39, 0.29) is 10.9 Å². The first-order chi connectivity index (χ1) is 12.7. The molecule has 4 heteroatoms. The third kappa shape index (κ3) is 4.07. The van der Waals surface area contributed by atoms with Crippen LogP contribution in [-0.2, 0) is 9.22 Å². The van der Waals surface area contributed by atoms with Crippen molar-refractivity contribution in [2.45, 2.75) is 45.3 Å². The third-order valence-corrected chi connectivity index (χ3v) is 10.3. The summed E-state index contributed by atoms with van der Waals surface area (Å²) in [6.07, 6.45) is 0.716. The summed E-state index contributed by atoms with van der Waals surface area (Å²) in [7, 11) is -1.82. The number of hydrogen-bond acceptors (Lipinski definition) is 2. The Kier molecular flexibility index (Phi) is 5.40. The van der Waals surface area contributed by atoms with Gasteiger partial charge in [-0.15, -0.1) is 0 Å². The van der Waals surface area contributed by atoms with E-state index in [2.05, 4.69) is 51.3 Å². The third-order valence-electron chi connectivity index (χ3n) is 5.72. The summed E-state index contributed by atoms with van der Waals surface area (Å²) in [5, 5.41) is 3.17. The number of carbonyl (C=O) groups excluding carboxylic acids is 1. The number of nitrogens with one attached hydrogen (secondary N) is 1. The molecular weight excluding hydrogens is 350 g/mol. The maximum absolute atomic E-state index is 12.8. The summed E-state index contributed by atoms with van der Waals surface area (Å²) >= 11 is 0. The Hall–Kier alpha value is -2.17. The Morgan fingerprint density at radius 2 is 1.63 bits per heavy atom. The summed E-state index contributed by atoms with van der Waals surface area (Å²) in [5.74, 6) is -0.0256. The number of rotatable bonds is 5. The van der Waals surface area contributed by atoms with E-state index in [1.165, 1.54) is 0 Å². The summed E-state index contributed by atoms with van der Waals surface area (Å²) in [4.78, 5) is 12.8. The summed E-state index contributed by atoms with van der Waals surface area (Å²) in [6.45, 7) is 11.9. The lowest BCUT2D eigenvalue weighted by molar-refractivity contribution is -0.110. The van der Waals surface area contributed by atoms with Crippen LogP contribution in [0.2, 0.25) is 18.1 Å². The highest BCUT2D eigenvalue weighted by atomic mass is 28.4. The number of benzene rings is 2. The first-order valence-electron chi connectivity index (χ1n) is 9.54. The van der Waals surface area contributed by atoms with Crippen molar-refractivity contribution < 1.29 is 9.22 Å². The zero-order valence-electron chi connectivity index (χ0n) is 16.9. The van der Waals surface area contributed by atoms with E-state index in [0.29, 0.717) is 13.0 Å². The largest absolute Gasteiger partial charge is 0.416 e. The SMILES string of the molecule is CC(C)(C)[Si](C)(C)OCC/C(=C1\C(=O)Nc2ccccc21)c1ccccc1. The van der Waals surface area contributed by atoms with Gasteiger partial charge in [-0.3, -0.25) is 4.79 Å². The van der Waals surface area contributed by atoms with Gasteiger partial charge in [-0.25, -0.2) is 0 Å². The predicted molar refractivity (Wildman–Crippen MR) is 116 cm³/mol. The van der Waals surface area contributed by atoms with Crippen LogP contribution in [0.3, 0.4) is 0 Å². The molecule has 0 fully saturated rings. The van der Waals surface area contributed by atoms with Crippen LogP contribution in [0.15, 0.2) is 54.6 Å². The fraction of sp³-hybridized carbons (Fsp3) is 0.348. The highest BCUT2D eigenvalue weighted by Gasteiger charge is 2.37. The van der Waals surface area contributed by atoms with Crippen molar-refractivity contribution in [3.05, 3.63) is 65.7 Å². The van der Waals surface area contributed by atoms with Crippen LogP contribution in [0.4, 0.5) is 5.69 Å². The van der Waals surface area contributed by atoms with E-state index in [1.807, 2.05) is 42.5 Å². The van der Waals surface area contributed by atoms with Gasteiger partial charge in [0.2, 0.25) is 0 Å². The lowest BCUT2D eigenvalue weighted by Gasteiger charge is -2.36. The van der Waals surface area contributed by atoms with Gasteiger partial charge < -0.3 is 9.74 Å². The molecule has 1 amide bonds. The molecule has 1 heterocycles. The van der Waals surface area contributed by atoms with E-state index >= 15 is 0 Å². The van der Waals surface area contributed by atoms with Gasteiger partial charge in [-0.2, -0.15) is 0 Å². The van der Waals surface area contributed by atoms with Crippen LogP contribution in [0.5, 0.6) is 0 Å². The van der Waals surface area contributed by atoms with Crippen molar-refractivity contribution in [3.63, 3.8) is 0 Å². The average Bonchev–Trinajstić information content (AvgIpc) is 2.94. The standard InChI is InChI=1S/C23H29NO2Si/c1-23(2,3)27(4,5)26-16-15-18(17-11-7-6-8-12-17)21-19-13-9-10-14-20(19)24-22(21)25/h6-14H,15-16H2,1-5H3,(H,24,25)/b21-18+. The highest BCUT2D eigenvalue weighted by Crippen LogP contribution is 2.40. The molecule has 1 aliphatic heterocycles. The van der Waals surface area contributed by atoms with E-state index in [9.17, 15) is 4.79 Å². The Morgan fingerprint density at radius 1 is 1.00 bits per heavy atom. The molecule has 142 valence electrons. The van der Waals surface area contributed by atoms with Crippen LogP contribution in [-0.4, -0.2) is 20.8 Å². The number of para-hydroxylation sites is 1. The van der Waals surface area contributed by atoms with Gasteiger partial charge in [-0.1, -0.05) is 69.3 Å². The smallest absolute Gasteiger partial charge is 0.256 e. The van der Waals surface area contributed by atoms with Crippen LogP contribution < -0.4 is 5.32 Å². The predicted octanol–water partition coefficient (Wildman–Crippen LogP) is 5.96. The fourth-order valence-electron chi connectivity index (χ4n) is 3.09. The van der Waals surface area contributed by atoms with Gasteiger partial charge >= 0.3 is 0 Å². The quantitative estimate of drug-likeness (QED) is 0.514. The maximum atomic E-state index is 12.8. The number of carbonyl (C=O) groups is 1. The summed E-state index contributed by atoms with van der Waals surface area (Å²) < 4.78 is 6.40. The number of hydrogen-bond donors (Lipinski definition) is 1. The highest BCUT2D eigenvalue weighted by molar-refractivity contribution is 6.74. The molecule has 3 rings (SSSR count). The van der Waals surface area contributed by atoms with Crippen molar-refractivity contribution in [1.82, 2.24) is 0 Å². The molecule has 0 aromatic heterocycles. The minimum absolute atomic E-state index is 0.0256. The van der Waals surface area contributed by atoms with E-state index in [4.69, 9.17) is 4.43 Å². The lowest BCUT2D eigenvalue weighted by atomic mass is 9.93. The molecule has 0 saturated carbocycles. The molecular formula is C23H29NO2Si.